The van der Waals surface area contributed by atoms with Gasteiger partial charge in [0.25, 0.3) is 0 Å². The SMILES string of the molecule is Cc1ccnc2c1cc(-c1ccc(C=O)cn1)n2COCC[Si](C)(C)C. The summed E-state index contributed by atoms with van der Waals surface area (Å²) >= 11 is 0. The lowest BCUT2D eigenvalue weighted by Gasteiger charge is -2.16. The molecule has 3 aromatic rings. The summed E-state index contributed by atoms with van der Waals surface area (Å²) in [4.78, 5) is 19.9. The van der Waals surface area contributed by atoms with Crippen molar-refractivity contribution in [3.63, 3.8) is 0 Å². The number of hydrogen-bond acceptors (Lipinski definition) is 4. The topological polar surface area (TPSA) is 57.0 Å². The molecule has 3 heterocycles. The second-order valence-corrected chi connectivity index (χ2v) is 13.4. The molecule has 3 aromatic heterocycles. The van der Waals surface area contributed by atoms with Crippen molar-refractivity contribution >= 4 is 25.4 Å². The standard InChI is InChI=1S/C20H25N3O2Si/c1-15-7-8-21-20-17(15)11-19(18-6-5-16(13-24)12-22-18)23(20)14-25-9-10-26(2,3)4/h5-8,11-13H,9-10,14H2,1-4H3. The average Bonchev–Trinajstić information content (AvgIpc) is 2.98. The van der Waals surface area contributed by atoms with Gasteiger partial charge in [0.2, 0.25) is 0 Å². The lowest BCUT2D eigenvalue weighted by molar-refractivity contribution is 0.0908. The molecule has 0 saturated heterocycles. The third kappa shape index (κ3) is 4.08. The van der Waals surface area contributed by atoms with Gasteiger partial charge in [-0.05, 0) is 42.8 Å². The van der Waals surface area contributed by atoms with E-state index in [9.17, 15) is 4.79 Å². The first kappa shape index (κ1) is 18.5. The van der Waals surface area contributed by atoms with Crippen LogP contribution in [0.15, 0.2) is 36.7 Å². The van der Waals surface area contributed by atoms with Crippen molar-refractivity contribution in [3.8, 4) is 11.4 Å². The first-order valence-electron chi connectivity index (χ1n) is 8.83. The maximum atomic E-state index is 10.9. The minimum absolute atomic E-state index is 0.441. The summed E-state index contributed by atoms with van der Waals surface area (Å²) in [6.45, 7) is 10.3. The normalized spacial score (nSPS) is 11.8. The Morgan fingerprint density at radius 2 is 2.00 bits per heavy atom. The summed E-state index contributed by atoms with van der Waals surface area (Å²) in [5, 5.41) is 1.09. The maximum Gasteiger partial charge on any atom is 0.151 e. The zero-order valence-electron chi connectivity index (χ0n) is 15.8. The summed E-state index contributed by atoms with van der Waals surface area (Å²) in [6, 6.07) is 8.88. The fourth-order valence-corrected chi connectivity index (χ4v) is 3.54. The molecule has 0 aliphatic rings. The Kier molecular flexibility index (Phi) is 5.34. The molecule has 0 amide bonds. The number of fused-ring (bicyclic) bond motifs is 1. The molecule has 0 aromatic carbocycles. The van der Waals surface area contributed by atoms with Crippen molar-refractivity contribution in [1.82, 2.24) is 14.5 Å². The molecule has 5 nitrogen and oxygen atoms in total. The number of nitrogens with zero attached hydrogens (tertiary/aromatic N) is 3. The minimum Gasteiger partial charge on any atom is -0.361 e. The molecule has 0 spiro atoms. The quantitative estimate of drug-likeness (QED) is 0.350. The van der Waals surface area contributed by atoms with Gasteiger partial charge in [-0.2, -0.15) is 0 Å². The first-order chi connectivity index (χ1) is 12.4. The summed E-state index contributed by atoms with van der Waals surface area (Å²) in [5.41, 5.74) is 4.39. The zero-order chi connectivity index (χ0) is 18.7. The van der Waals surface area contributed by atoms with Crippen molar-refractivity contribution < 1.29 is 9.53 Å². The summed E-state index contributed by atoms with van der Waals surface area (Å²) in [7, 11) is -1.13. The number of pyridine rings is 2. The van der Waals surface area contributed by atoms with E-state index in [0.717, 1.165) is 41.4 Å². The van der Waals surface area contributed by atoms with E-state index in [1.807, 2.05) is 18.3 Å². The Balaban J connectivity index is 1.95. The summed E-state index contributed by atoms with van der Waals surface area (Å²) in [6.07, 6.45) is 4.22. The van der Waals surface area contributed by atoms with Gasteiger partial charge in [-0.1, -0.05) is 19.6 Å². The van der Waals surface area contributed by atoms with Crippen LogP contribution in [0, 0.1) is 6.92 Å². The van der Waals surface area contributed by atoms with Crippen LogP contribution in [0.2, 0.25) is 25.7 Å². The number of ether oxygens (including phenoxy) is 1. The Morgan fingerprint density at radius 3 is 2.65 bits per heavy atom. The Hall–Kier alpha value is -2.31. The Bertz CT molecular complexity index is 911. The van der Waals surface area contributed by atoms with Crippen molar-refractivity contribution in [2.45, 2.75) is 39.3 Å². The predicted molar refractivity (Wildman–Crippen MR) is 107 cm³/mol. The van der Waals surface area contributed by atoms with Crippen molar-refractivity contribution in [2.75, 3.05) is 6.61 Å². The van der Waals surface area contributed by atoms with E-state index < -0.39 is 8.07 Å². The molecule has 0 saturated carbocycles. The van der Waals surface area contributed by atoms with Gasteiger partial charge in [0.15, 0.2) is 6.29 Å². The number of hydrogen-bond donors (Lipinski definition) is 0. The molecule has 0 unspecified atom stereocenters. The Labute approximate surface area is 155 Å². The van der Waals surface area contributed by atoms with Gasteiger partial charge in [-0.25, -0.2) is 4.98 Å². The molecule has 26 heavy (non-hydrogen) atoms. The van der Waals surface area contributed by atoms with Crippen LogP contribution in [-0.4, -0.2) is 35.5 Å². The van der Waals surface area contributed by atoms with E-state index in [0.29, 0.717) is 12.3 Å². The van der Waals surface area contributed by atoms with E-state index in [1.54, 1.807) is 12.3 Å². The Morgan fingerprint density at radius 1 is 1.19 bits per heavy atom. The number of aromatic nitrogens is 3. The van der Waals surface area contributed by atoms with Gasteiger partial charge in [0, 0.05) is 38.0 Å². The van der Waals surface area contributed by atoms with Crippen molar-refractivity contribution in [3.05, 3.63) is 47.8 Å². The fourth-order valence-electron chi connectivity index (χ4n) is 2.78. The second-order valence-electron chi connectivity index (χ2n) is 7.77. The smallest absolute Gasteiger partial charge is 0.151 e. The fraction of sp³-hybridized carbons (Fsp3) is 0.350. The predicted octanol–water partition coefficient (Wildman–Crippen LogP) is 4.53. The molecule has 6 heteroatoms. The van der Waals surface area contributed by atoms with Gasteiger partial charge in [0.1, 0.15) is 12.4 Å². The second kappa shape index (κ2) is 7.51. The third-order valence-electron chi connectivity index (χ3n) is 4.42. The molecule has 0 radical (unpaired) electrons. The molecule has 0 bridgehead atoms. The van der Waals surface area contributed by atoms with Crippen LogP contribution in [0.25, 0.3) is 22.4 Å². The highest BCUT2D eigenvalue weighted by atomic mass is 28.3. The van der Waals surface area contributed by atoms with Gasteiger partial charge in [-0.15, -0.1) is 0 Å². The molecule has 0 atom stereocenters. The number of carbonyl (C=O) groups is 1. The lowest BCUT2D eigenvalue weighted by atomic mass is 10.2. The molecular weight excluding hydrogens is 342 g/mol. The molecule has 0 fully saturated rings. The van der Waals surface area contributed by atoms with Crippen LogP contribution in [0.5, 0.6) is 0 Å². The summed E-state index contributed by atoms with van der Waals surface area (Å²) in [5.74, 6) is 0. The molecule has 136 valence electrons. The van der Waals surface area contributed by atoms with Crippen LogP contribution in [0.1, 0.15) is 15.9 Å². The van der Waals surface area contributed by atoms with E-state index in [1.165, 1.54) is 5.56 Å². The molecule has 3 rings (SSSR count). The van der Waals surface area contributed by atoms with Gasteiger partial charge in [-0.3, -0.25) is 14.3 Å². The number of rotatable bonds is 7. The molecule has 0 aliphatic heterocycles. The number of carbonyl (C=O) groups excluding carboxylic acids is 1. The van der Waals surface area contributed by atoms with Crippen LogP contribution >= 0.6 is 0 Å². The van der Waals surface area contributed by atoms with Crippen molar-refractivity contribution in [2.24, 2.45) is 0 Å². The highest BCUT2D eigenvalue weighted by Gasteiger charge is 2.16. The highest BCUT2D eigenvalue weighted by Crippen LogP contribution is 2.28. The van der Waals surface area contributed by atoms with Crippen LogP contribution in [-0.2, 0) is 11.5 Å². The van der Waals surface area contributed by atoms with E-state index in [-0.39, 0.29) is 0 Å². The van der Waals surface area contributed by atoms with Crippen LogP contribution in [0.4, 0.5) is 0 Å². The maximum absolute atomic E-state index is 10.9. The average molecular weight is 368 g/mol. The third-order valence-corrected chi connectivity index (χ3v) is 6.12. The highest BCUT2D eigenvalue weighted by molar-refractivity contribution is 6.76. The van der Waals surface area contributed by atoms with Crippen LogP contribution < -0.4 is 0 Å². The largest absolute Gasteiger partial charge is 0.361 e. The minimum atomic E-state index is -1.13. The molecule has 0 aliphatic carbocycles. The van der Waals surface area contributed by atoms with E-state index in [2.05, 4.69) is 47.2 Å². The zero-order valence-corrected chi connectivity index (χ0v) is 16.8. The van der Waals surface area contributed by atoms with Gasteiger partial charge >= 0.3 is 0 Å². The number of aldehydes is 1. The lowest BCUT2D eigenvalue weighted by Crippen LogP contribution is -2.22. The van der Waals surface area contributed by atoms with Gasteiger partial charge < -0.3 is 4.74 Å². The first-order valence-corrected chi connectivity index (χ1v) is 12.5. The van der Waals surface area contributed by atoms with E-state index >= 15 is 0 Å². The molecular formula is C20H25N3O2Si. The number of aryl methyl sites for hydroxylation is 1. The van der Waals surface area contributed by atoms with Crippen molar-refractivity contribution in [1.29, 1.82) is 0 Å². The van der Waals surface area contributed by atoms with Crippen LogP contribution in [0.3, 0.4) is 0 Å². The van der Waals surface area contributed by atoms with E-state index in [4.69, 9.17) is 4.74 Å². The molecule has 0 N–H and O–H groups in total. The van der Waals surface area contributed by atoms with Gasteiger partial charge in [0.05, 0.1) is 11.4 Å². The summed E-state index contributed by atoms with van der Waals surface area (Å²) < 4.78 is 8.05. The monoisotopic (exact) mass is 367 g/mol.